The summed E-state index contributed by atoms with van der Waals surface area (Å²) in [5.74, 6) is 0. The van der Waals surface area contributed by atoms with Crippen LogP contribution in [-0.2, 0) is 16.5 Å². The second kappa shape index (κ2) is 46.3. The second-order valence-corrected chi connectivity index (χ2v) is 19.4. The summed E-state index contributed by atoms with van der Waals surface area (Å²) >= 11 is 0. The van der Waals surface area contributed by atoms with Crippen molar-refractivity contribution >= 4 is 10.1 Å². The van der Waals surface area contributed by atoms with Crippen molar-refractivity contribution in [2.45, 2.75) is 301 Å². The van der Waals surface area contributed by atoms with E-state index in [4.69, 9.17) is 0 Å². The van der Waals surface area contributed by atoms with Gasteiger partial charge in [-0.05, 0) is 30.5 Å². The number of hydrogen-bond donors (Lipinski definition) is 0. The van der Waals surface area contributed by atoms with Gasteiger partial charge in [0.05, 0.1) is 4.90 Å². The largest absolute Gasteiger partial charge is 1.00 e. The van der Waals surface area contributed by atoms with Crippen LogP contribution in [-0.4, -0.2) is 13.0 Å². The SMILES string of the molecule is CCCCCCCCCCCCCCCCCCCCCCCCCCCCCCCCCCCCCCCCCCCCCCc1ccc(S(=O)(=O)[O-])cc1.[K+]. The van der Waals surface area contributed by atoms with Gasteiger partial charge in [-0.15, -0.1) is 0 Å². The van der Waals surface area contributed by atoms with Crippen molar-refractivity contribution < 1.29 is 64.4 Å². The van der Waals surface area contributed by atoms with E-state index in [2.05, 4.69) is 6.92 Å². The summed E-state index contributed by atoms with van der Waals surface area (Å²) in [6.07, 6.45) is 64.3. The fourth-order valence-electron chi connectivity index (χ4n) is 8.65. The van der Waals surface area contributed by atoms with Gasteiger partial charge in [-0.3, -0.25) is 0 Å². The van der Waals surface area contributed by atoms with Crippen molar-refractivity contribution in [2.75, 3.05) is 0 Å². The topological polar surface area (TPSA) is 57.2 Å². The van der Waals surface area contributed by atoms with Gasteiger partial charge in [0.15, 0.2) is 0 Å². The van der Waals surface area contributed by atoms with E-state index in [1.54, 1.807) is 12.1 Å². The Bertz CT molecular complexity index is 1010. The fourth-order valence-corrected chi connectivity index (χ4v) is 9.12. The van der Waals surface area contributed by atoms with Crippen molar-refractivity contribution in [3.05, 3.63) is 29.8 Å². The first-order valence-corrected chi connectivity index (χ1v) is 27.0. The predicted octanol–water partition coefficient (Wildman–Crippen LogP) is 15.3. The molecule has 0 bridgehead atoms. The molecule has 0 amide bonds. The molecule has 0 aromatic heterocycles. The Balaban J connectivity index is 0.0000314. The predicted molar refractivity (Wildman–Crippen MR) is 247 cm³/mol. The van der Waals surface area contributed by atoms with E-state index in [0.29, 0.717) is 0 Å². The molecule has 0 aliphatic rings. The molecule has 0 fully saturated rings. The maximum atomic E-state index is 11.0. The number of hydrogen-bond acceptors (Lipinski definition) is 3. The van der Waals surface area contributed by atoms with Gasteiger partial charge in [-0.2, -0.15) is 0 Å². The Morgan fingerprint density at radius 2 is 0.491 bits per heavy atom. The zero-order chi connectivity index (χ0) is 40.3. The third-order valence-electron chi connectivity index (χ3n) is 12.5. The molecular weight excluding hydrogens is 744 g/mol. The molecule has 1 aromatic carbocycles. The average molecular weight is 842 g/mol. The molecule has 0 aliphatic heterocycles. The first kappa shape index (κ1) is 57.8. The van der Waals surface area contributed by atoms with E-state index in [9.17, 15) is 13.0 Å². The Kier molecular flexibility index (Phi) is 46.9. The molecule has 0 saturated heterocycles. The minimum atomic E-state index is -4.33. The van der Waals surface area contributed by atoms with Gasteiger partial charge >= 0.3 is 51.4 Å². The average Bonchev–Trinajstić information content (AvgIpc) is 3.19. The van der Waals surface area contributed by atoms with E-state index in [1.165, 1.54) is 288 Å². The molecule has 1 aromatic rings. The van der Waals surface area contributed by atoms with Crippen molar-refractivity contribution in [1.82, 2.24) is 0 Å². The van der Waals surface area contributed by atoms with Gasteiger partial charge in [0.1, 0.15) is 10.1 Å². The van der Waals surface area contributed by atoms with E-state index >= 15 is 0 Å². The normalized spacial score (nSPS) is 11.7. The molecule has 0 heterocycles. The number of rotatable bonds is 46. The molecule has 0 unspecified atom stereocenters. The van der Waals surface area contributed by atoms with Crippen LogP contribution in [0.15, 0.2) is 29.2 Å². The van der Waals surface area contributed by atoms with E-state index in [1.807, 2.05) is 0 Å². The third kappa shape index (κ3) is 43.2. The Morgan fingerprint density at radius 3 is 0.667 bits per heavy atom. The zero-order valence-corrected chi connectivity index (χ0v) is 42.7. The molecule has 3 nitrogen and oxygen atoms in total. The summed E-state index contributed by atoms with van der Waals surface area (Å²) in [4.78, 5) is -0.131. The summed E-state index contributed by atoms with van der Waals surface area (Å²) < 4.78 is 33.1. The van der Waals surface area contributed by atoms with E-state index in [-0.39, 0.29) is 56.3 Å². The Hall–Kier alpha value is 0.766. The van der Waals surface area contributed by atoms with E-state index < -0.39 is 10.1 Å². The minimum absolute atomic E-state index is 0. The maximum absolute atomic E-state index is 11.0. The van der Waals surface area contributed by atoms with Crippen molar-refractivity contribution in [3.63, 3.8) is 0 Å². The minimum Gasteiger partial charge on any atom is -0.744 e. The molecule has 1 rings (SSSR count). The van der Waals surface area contributed by atoms with Crippen LogP contribution in [0.3, 0.4) is 0 Å². The van der Waals surface area contributed by atoms with Gasteiger partial charge < -0.3 is 4.55 Å². The number of unbranched alkanes of at least 4 members (excludes halogenated alkanes) is 43. The molecule has 57 heavy (non-hydrogen) atoms. The van der Waals surface area contributed by atoms with Gasteiger partial charge in [-0.1, -0.05) is 295 Å². The van der Waals surface area contributed by atoms with Crippen LogP contribution in [0.2, 0.25) is 0 Å². The quantitative estimate of drug-likeness (QED) is 0.0373. The van der Waals surface area contributed by atoms with Crippen LogP contribution in [0.5, 0.6) is 0 Å². The smallest absolute Gasteiger partial charge is 0.744 e. The van der Waals surface area contributed by atoms with Crippen LogP contribution in [0.1, 0.15) is 295 Å². The first-order chi connectivity index (χ1) is 27.5. The number of benzene rings is 1. The summed E-state index contributed by atoms with van der Waals surface area (Å²) in [6.45, 7) is 2.31. The molecule has 0 N–H and O–H groups in total. The summed E-state index contributed by atoms with van der Waals surface area (Å²) in [7, 11) is -4.33. The van der Waals surface area contributed by atoms with Crippen LogP contribution in [0, 0.1) is 0 Å². The summed E-state index contributed by atoms with van der Waals surface area (Å²) in [6, 6.07) is 6.42. The van der Waals surface area contributed by atoms with Crippen LogP contribution >= 0.6 is 0 Å². The fraction of sp³-hybridized carbons (Fsp3) is 0.885. The van der Waals surface area contributed by atoms with Crippen molar-refractivity contribution in [3.8, 4) is 0 Å². The van der Waals surface area contributed by atoms with Gasteiger partial charge in [-0.25, -0.2) is 8.42 Å². The van der Waals surface area contributed by atoms with Crippen molar-refractivity contribution in [1.29, 1.82) is 0 Å². The Labute approximate surface area is 401 Å². The van der Waals surface area contributed by atoms with Gasteiger partial charge in [0.2, 0.25) is 0 Å². The molecule has 0 radical (unpaired) electrons. The maximum Gasteiger partial charge on any atom is 1.00 e. The molecule has 0 saturated carbocycles. The summed E-state index contributed by atoms with van der Waals surface area (Å²) in [5, 5.41) is 0. The molecule has 0 spiro atoms. The van der Waals surface area contributed by atoms with Crippen LogP contribution < -0.4 is 51.4 Å². The van der Waals surface area contributed by atoms with Crippen molar-refractivity contribution in [2.24, 2.45) is 0 Å². The van der Waals surface area contributed by atoms with Crippen LogP contribution in [0.4, 0.5) is 0 Å². The van der Waals surface area contributed by atoms with Gasteiger partial charge in [0.25, 0.3) is 0 Å². The van der Waals surface area contributed by atoms with Gasteiger partial charge in [0, 0.05) is 0 Å². The third-order valence-corrected chi connectivity index (χ3v) is 13.4. The monoisotopic (exact) mass is 841 g/mol. The molecular formula is C52H97KO3S. The second-order valence-electron chi connectivity index (χ2n) is 18.1. The molecule has 330 valence electrons. The summed E-state index contributed by atoms with van der Waals surface area (Å²) in [5.41, 5.74) is 1.12. The van der Waals surface area contributed by atoms with E-state index in [0.717, 1.165) is 18.4 Å². The standard InChI is InChI=1S/C52H98O3S.K/c1-2-3-4-5-6-7-8-9-10-11-12-13-14-15-16-17-18-19-20-21-22-23-24-25-26-27-28-29-30-31-32-33-34-35-36-37-38-39-40-41-42-43-44-45-46-51-47-49-52(50-48-51)56(53,54)55;/h47-50H,2-46H2,1H3,(H,53,54,55);/q;+1/p-1. The first-order valence-electron chi connectivity index (χ1n) is 25.6. The number of aryl methyl sites for hydroxylation is 1. The molecule has 0 atom stereocenters. The zero-order valence-electron chi connectivity index (χ0n) is 38.8. The Morgan fingerprint density at radius 1 is 0.316 bits per heavy atom. The molecule has 0 aliphatic carbocycles. The van der Waals surface area contributed by atoms with Crippen LogP contribution in [0.25, 0.3) is 0 Å². The molecule has 5 heteroatoms.